The van der Waals surface area contributed by atoms with E-state index >= 15 is 0 Å². The van der Waals surface area contributed by atoms with Crippen LogP contribution in [0.5, 0.6) is 0 Å². The third kappa shape index (κ3) is 2.42. The fourth-order valence-electron chi connectivity index (χ4n) is 2.42. The second-order valence-electron chi connectivity index (χ2n) is 5.07. The second-order valence-corrected chi connectivity index (χ2v) is 7.10. The Morgan fingerprint density at radius 2 is 2.09 bits per heavy atom. The predicted molar refractivity (Wildman–Crippen MR) is 77.5 cm³/mol. The summed E-state index contributed by atoms with van der Waals surface area (Å²) < 4.78 is 46.3. The number of methoxy groups -OCH3 is 1. The van der Waals surface area contributed by atoms with Crippen molar-refractivity contribution in [2.24, 2.45) is 0 Å². The molecule has 0 saturated heterocycles. The van der Waals surface area contributed by atoms with E-state index in [0.29, 0.717) is 17.2 Å². The summed E-state index contributed by atoms with van der Waals surface area (Å²) in [5.41, 5.74) is -1.71. The number of thioether (sulfide) groups is 1. The summed E-state index contributed by atoms with van der Waals surface area (Å²) in [5, 5.41) is 0. The summed E-state index contributed by atoms with van der Waals surface area (Å²) in [6, 6.07) is 0. The number of halogens is 3. The Bertz CT molecular complexity index is 780. The first-order chi connectivity index (χ1) is 10.3. The lowest BCUT2D eigenvalue weighted by Crippen LogP contribution is -2.39. The van der Waals surface area contributed by atoms with E-state index in [1.165, 1.54) is 18.9 Å². The molecule has 0 radical (unpaired) electrons. The molecule has 1 saturated carbocycles. The zero-order valence-corrected chi connectivity index (χ0v) is 13.4. The van der Waals surface area contributed by atoms with Gasteiger partial charge in [-0.1, -0.05) is 23.1 Å². The Morgan fingerprint density at radius 1 is 1.41 bits per heavy atom. The van der Waals surface area contributed by atoms with E-state index in [1.807, 2.05) is 0 Å². The normalized spacial score (nSPS) is 17.1. The molecule has 1 fully saturated rings. The van der Waals surface area contributed by atoms with Crippen LogP contribution in [0, 0.1) is 0 Å². The van der Waals surface area contributed by atoms with E-state index in [4.69, 9.17) is 4.74 Å². The van der Waals surface area contributed by atoms with E-state index in [2.05, 4.69) is 9.97 Å². The number of ether oxygens (including phenoxy) is 1. The molecule has 120 valence electrons. The standard InChI is InChI=1S/C12H12F3N3O2S2/c1-20-5-11(3-4-11)18-8(19)6-7(22-10(16-6)21-2)17-9(18)12(13,14)15/h3-5H2,1-2H3. The minimum Gasteiger partial charge on any atom is -0.382 e. The van der Waals surface area contributed by atoms with Gasteiger partial charge in [0.15, 0.2) is 14.7 Å². The molecular formula is C12H12F3N3O2S2. The van der Waals surface area contributed by atoms with Crippen molar-refractivity contribution in [1.29, 1.82) is 0 Å². The Hall–Kier alpha value is -1.13. The van der Waals surface area contributed by atoms with Crippen molar-refractivity contribution in [3.63, 3.8) is 0 Å². The fraction of sp³-hybridized carbons (Fsp3) is 0.583. The van der Waals surface area contributed by atoms with Crippen molar-refractivity contribution >= 4 is 33.4 Å². The van der Waals surface area contributed by atoms with Crippen LogP contribution in [0.2, 0.25) is 0 Å². The maximum atomic E-state index is 13.4. The van der Waals surface area contributed by atoms with E-state index in [1.54, 1.807) is 6.26 Å². The summed E-state index contributed by atoms with van der Waals surface area (Å²) in [7, 11) is 1.40. The lowest BCUT2D eigenvalue weighted by atomic mass is 10.2. The minimum atomic E-state index is -4.71. The molecule has 0 spiro atoms. The van der Waals surface area contributed by atoms with Crippen molar-refractivity contribution < 1.29 is 17.9 Å². The highest BCUT2D eigenvalue weighted by Crippen LogP contribution is 2.46. The van der Waals surface area contributed by atoms with E-state index < -0.39 is 23.1 Å². The van der Waals surface area contributed by atoms with Gasteiger partial charge in [0.25, 0.3) is 5.56 Å². The largest absolute Gasteiger partial charge is 0.449 e. The van der Waals surface area contributed by atoms with Crippen molar-refractivity contribution in [2.75, 3.05) is 20.0 Å². The SMILES string of the molecule is COCC1(n2c(C(F)(F)F)nc3sc(SC)nc3c2=O)CC1. The number of alkyl halides is 3. The number of aromatic nitrogens is 3. The Labute approximate surface area is 131 Å². The highest BCUT2D eigenvalue weighted by atomic mass is 32.2. The number of fused-ring (bicyclic) bond motifs is 1. The van der Waals surface area contributed by atoms with Crippen LogP contribution in [0.1, 0.15) is 18.7 Å². The van der Waals surface area contributed by atoms with Crippen LogP contribution in [0.4, 0.5) is 13.2 Å². The van der Waals surface area contributed by atoms with E-state index in [0.717, 1.165) is 15.9 Å². The predicted octanol–water partition coefficient (Wildman–Crippen LogP) is 2.73. The van der Waals surface area contributed by atoms with Gasteiger partial charge < -0.3 is 4.74 Å². The maximum absolute atomic E-state index is 13.4. The topological polar surface area (TPSA) is 57.0 Å². The summed E-state index contributed by atoms with van der Waals surface area (Å²) >= 11 is 2.26. The molecule has 0 aromatic carbocycles. The number of hydrogen-bond donors (Lipinski definition) is 0. The first-order valence-corrected chi connectivity index (χ1v) is 8.41. The quantitative estimate of drug-likeness (QED) is 0.793. The zero-order chi connectivity index (χ0) is 16.1. The summed E-state index contributed by atoms with van der Waals surface area (Å²) in [4.78, 5) is 20.4. The third-order valence-electron chi connectivity index (χ3n) is 3.56. The number of rotatable bonds is 4. The first kappa shape index (κ1) is 15.8. The van der Waals surface area contributed by atoms with Gasteiger partial charge in [0.05, 0.1) is 12.1 Å². The van der Waals surface area contributed by atoms with Crippen LogP contribution in [-0.2, 0) is 16.5 Å². The van der Waals surface area contributed by atoms with Crippen LogP contribution in [0.3, 0.4) is 0 Å². The molecule has 2 heterocycles. The average molecular weight is 351 g/mol. The molecule has 22 heavy (non-hydrogen) atoms. The fourth-order valence-corrected chi connectivity index (χ4v) is 3.84. The van der Waals surface area contributed by atoms with Gasteiger partial charge in [0, 0.05) is 7.11 Å². The molecular weight excluding hydrogens is 339 g/mol. The minimum absolute atomic E-state index is 0.00951. The van der Waals surface area contributed by atoms with Crippen molar-refractivity contribution in [3.8, 4) is 0 Å². The molecule has 0 bridgehead atoms. The molecule has 5 nitrogen and oxygen atoms in total. The zero-order valence-electron chi connectivity index (χ0n) is 11.7. The number of hydrogen-bond acceptors (Lipinski definition) is 6. The molecule has 2 aromatic heterocycles. The van der Waals surface area contributed by atoms with Gasteiger partial charge in [-0.25, -0.2) is 9.97 Å². The Kier molecular flexibility index (Phi) is 3.73. The smallest absolute Gasteiger partial charge is 0.382 e. The van der Waals surface area contributed by atoms with Gasteiger partial charge in [-0.2, -0.15) is 13.2 Å². The molecule has 1 aliphatic rings. The van der Waals surface area contributed by atoms with Gasteiger partial charge in [0.2, 0.25) is 5.82 Å². The first-order valence-electron chi connectivity index (χ1n) is 6.36. The highest BCUT2D eigenvalue weighted by Gasteiger charge is 2.51. The molecule has 2 aromatic rings. The van der Waals surface area contributed by atoms with E-state index in [9.17, 15) is 18.0 Å². The molecule has 0 unspecified atom stereocenters. The molecule has 1 aliphatic carbocycles. The molecule has 0 amide bonds. The van der Waals surface area contributed by atoms with Crippen molar-refractivity contribution in [1.82, 2.24) is 14.5 Å². The summed E-state index contributed by atoms with van der Waals surface area (Å²) in [5.74, 6) is -1.17. The average Bonchev–Trinajstić information content (AvgIpc) is 3.08. The van der Waals surface area contributed by atoms with Crippen LogP contribution in [0.15, 0.2) is 9.13 Å². The lowest BCUT2D eigenvalue weighted by Gasteiger charge is -2.22. The van der Waals surface area contributed by atoms with Crippen LogP contribution in [-0.4, -0.2) is 34.5 Å². The highest BCUT2D eigenvalue weighted by molar-refractivity contribution is 8.00. The van der Waals surface area contributed by atoms with Crippen molar-refractivity contribution in [3.05, 3.63) is 16.2 Å². The lowest BCUT2D eigenvalue weighted by molar-refractivity contribution is -0.149. The van der Waals surface area contributed by atoms with Crippen LogP contribution in [0.25, 0.3) is 10.3 Å². The van der Waals surface area contributed by atoms with Gasteiger partial charge in [-0.15, -0.1) is 0 Å². The van der Waals surface area contributed by atoms with Gasteiger partial charge in [-0.3, -0.25) is 9.36 Å². The molecule has 3 rings (SSSR count). The van der Waals surface area contributed by atoms with Gasteiger partial charge in [-0.05, 0) is 19.1 Å². The Balaban J connectivity index is 2.32. The molecule has 0 aliphatic heterocycles. The van der Waals surface area contributed by atoms with Gasteiger partial charge >= 0.3 is 6.18 Å². The number of nitrogens with zero attached hydrogens (tertiary/aromatic N) is 3. The molecule has 0 N–H and O–H groups in total. The maximum Gasteiger partial charge on any atom is 0.449 e. The molecule has 10 heteroatoms. The van der Waals surface area contributed by atoms with Crippen LogP contribution < -0.4 is 5.56 Å². The van der Waals surface area contributed by atoms with Gasteiger partial charge in [0.1, 0.15) is 0 Å². The van der Waals surface area contributed by atoms with Crippen LogP contribution >= 0.6 is 23.1 Å². The summed E-state index contributed by atoms with van der Waals surface area (Å²) in [6.45, 7) is 0.0443. The number of thiazole rings is 1. The molecule has 0 atom stereocenters. The Morgan fingerprint density at radius 3 is 2.59 bits per heavy atom. The third-order valence-corrected chi connectivity index (χ3v) is 5.49. The second kappa shape index (κ2) is 5.20. The van der Waals surface area contributed by atoms with Crippen molar-refractivity contribution in [2.45, 2.75) is 28.9 Å². The summed E-state index contributed by atoms with van der Waals surface area (Å²) in [6.07, 6.45) is -2.05. The monoisotopic (exact) mass is 351 g/mol. The van der Waals surface area contributed by atoms with E-state index in [-0.39, 0.29) is 17.0 Å².